The standard InChI is InChI=1S/C18H18BrNO3/c1-13(10-14-6-8-17(23-2)9-7-14)20(22)12-18(21)15-4-3-5-16(19)11-15/h3-9,11-13H,10H2,1-2H3. The van der Waals surface area contributed by atoms with E-state index in [-0.39, 0.29) is 11.8 Å². The van der Waals surface area contributed by atoms with E-state index in [1.54, 1.807) is 32.2 Å². The van der Waals surface area contributed by atoms with E-state index in [4.69, 9.17) is 4.74 Å². The number of Topliss-reactive ketones (excluding diaryl/α,β-unsaturated/α-hetero) is 1. The molecule has 4 nitrogen and oxygen atoms in total. The van der Waals surface area contributed by atoms with E-state index in [2.05, 4.69) is 15.9 Å². The van der Waals surface area contributed by atoms with Crippen molar-refractivity contribution in [3.05, 3.63) is 69.3 Å². The van der Waals surface area contributed by atoms with Gasteiger partial charge >= 0.3 is 0 Å². The van der Waals surface area contributed by atoms with Crippen molar-refractivity contribution < 1.29 is 14.3 Å². The fourth-order valence-corrected chi connectivity index (χ4v) is 2.55. The molecule has 0 aromatic heterocycles. The maximum Gasteiger partial charge on any atom is 0.249 e. The number of carbonyl (C=O) groups is 1. The van der Waals surface area contributed by atoms with Gasteiger partial charge in [0.1, 0.15) is 5.75 Å². The largest absolute Gasteiger partial charge is 0.624 e. The van der Waals surface area contributed by atoms with Crippen molar-refractivity contribution in [1.82, 2.24) is 0 Å². The number of halogens is 1. The Morgan fingerprint density at radius 2 is 2.00 bits per heavy atom. The Hall–Kier alpha value is -2.14. The molecule has 120 valence electrons. The molecule has 2 rings (SSSR count). The predicted molar refractivity (Wildman–Crippen MR) is 94.3 cm³/mol. The van der Waals surface area contributed by atoms with E-state index in [9.17, 15) is 10.0 Å². The normalized spacial score (nSPS) is 12.7. The molecule has 1 atom stereocenters. The van der Waals surface area contributed by atoms with Crippen LogP contribution < -0.4 is 4.74 Å². The smallest absolute Gasteiger partial charge is 0.249 e. The average molecular weight is 376 g/mol. The number of nitrogens with zero attached hydrogens (tertiary/aromatic N) is 1. The molecule has 1 unspecified atom stereocenters. The van der Waals surface area contributed by atoms with Crippen LogP contribution in [0.25, 0.3) is 0 Å². The molecule has 0 aliphatic carbocycles. The third-order valence-electron chi connectivity index (χ3n) is 3.48. The first-order valence-electron chi connectivity index (χ1n) is 7.23. The van der Waals surface area contributed by atoms with Gasteiger partial charge < -0.3 is 9.94 Å². The number of benzene rings is 2. The van der Waals surface area contributed by atoms with Gasteiger partial charge in [-0.2, -0.15) is 0 Å². The predicted octanol–water partition coefficient (Wildman–Crippen LogP) is 3.85. The summed E-state index contributed by atoms with van der Waals surface area (Å²) in [7, 11) is 1.61. The zero-order chi connectivity index (χ0) is 16.8. The average Bonchev–Trinajstić information content (AvgIpc) is 2.55. The summed E-state index contributed by atoms with van der Waals surface area (Å²) in [5, 5.41) is 12.1. The zero-order valence-corrected chi connectivity index (χ0v) is 14.6. The van der Waals surface area contributed by atoms with Gasteiger partial charge in [-0.1, -0.05) is 40.2 Å². The first-order valence-corrected chi connectivity index (χ1v) is 8.02. The Morgan fingerprint density at radius 3 is 2.61 bits per heavy atom. The van der Waals surface area contributed by atoms with Gasteiger partial charge in [0.05, 0.1) is 7.11 Å². The molecule has 0 aliphatic heterocycles. The van der Waals surface area contributed by atoms with Crippen LogP contribution in [0, 0.1) is 5.21 Å². The van der Waals surface area contributed by atoms with Gasteiger partial charge in [0.15, 0.2) is 6.04 Å². The number of hydrogen-bond donors (Lipinski definition) is 0. The Kier molecular flexibility index (Phi) is 5.93. The van der Waals surface area contributed by atoms with Crippen molar-refractivity contribution >= 4 is 27.9 Å². The summed E-state index contributed by atoms with van der Waals surface area (Å²) in [4.78, 5) is 12.1. The van der Waals surface area contributed by atoms with Gasteiger partial charge in [0.2, 0.25) is 12.0 Å². The van der Waals surface area contributed by atoms with Crippen molar-refractivity contribution in [2.45, 2.75) is 19.4 Å². The summed E-state index contributed by atoms with van der Waals surface area (Å²) in [5.41, 5.74) is 1.50. The highest BCUT2D eigenvalue weighted by Crippen LogP contribution is 2.14. The van der Waals surface area contributed by atoms with Gasteiger partial charge in [-0.05, 0) is 36.8 Å². The molecule has 0 aliphatic rings. The first kappa shape index (κ1) is 17.2. The monoisotopic (exact) mass is 375 g/mol. The third kappa shape index (κ3) is 4.93. The zero-order valence-electron chi connectivity index (χ0n) is 13.0. The van der Waals surface area contributed by atoms with Crippen LogP contribution in [0.3, 0.4) is 0 Å². The second-order valence-electron chi connectivity index (χ2n) is 5.26. The van der Waals surface area contributed by atoms with Gasteiger partial charge in [0.25, 0.3) is 0 Å². The summed E-state index contributed by atoms with van der Waals surface area (Å²) < 4.78 is 6.63. The molecule has 0 bridgehead atoms. The highest BCUT2D eigenvalue weighted by Gasteiger charge is 2.14. The molecule has 0 heterocycles. The van der Waals surface area contributed by atoms with Gasteiger partial charge in [-0.3, -0.25) is 4.79 Å². The number of hydroxylamine groups is 1. The first-order chi connectivity index (χ1) is 11.0. The molecule has 0 saturated carbocycles. The van der Waals surface area contributed by atoms with E-state index in [0.717, 1.165) is 22.0 Å². The molecule has 0 N–H and O–H groups in total. The van der Waals surface area contributed by atoms with E-state index in [0.29, 0.717) is 16.7 Å². The number of carbonyl (C=O) groups excluding carboxylic acids is 1. The molecule has 5 heteroatoms. The molecule has 2 aromatic carbocycles. The maximum atomic E-state index is 12.1. The molecule has 0 amide bonds. The van der Waals surface area contributed by atoms with Gasteiger partial charge in [-0.15, -0.1) is 0 Å². The highest BCUT2D eigenvalue weighted by molar-refractivity contribution is 9.10. The SMILES string of the molecule is COc1ccc(CC(C)[N+]([O-])=CC(=O)c2cccc(Br)c2)cc1. The molecule has 2 aromatic rings. The van der Waals surface area contributed by atoms with Crippen LogP contribution in [0.15, 0.2) is 53.0 Å². The Labute approximate surface area is 144 Å². The van der Waals surface area contributed by atoms with Gasteiger partial charge in [0, 0.05) is 16.5 Å². The van der Waals surface area contributed by atoms with E-state index >= 15 is 0 Å². The molecular formula is C18H18BrNO3. The van der Waals surface area contributed by atoms with Crippen LogP contribution in [-0.2, 0) is 6.42 Å². The maximum absolute atomic E-state index is 12.1. The molecule has 23 heavy (non-hydrogen) atoms. The number of methoxy groups -OCH3 is 1. The Morgan fingerprint density at radius 1 is 1.30 bits per heavy atom. The van der Waals surface area contributed by atoms with Crippen LogP contribution in [-0.4, -0.2) is 29.9 Å². The van der Waals surface area contributed by atoms with Crippen molar-refractivity contribution in [3.63, 3.8) is 0 Å². The minimum Gasteiger partial charge on any atom is -0.624 e. The molecule has 0 saturated heterocycles. The lowest BCUT2D eigenvalue weighted by molar-refractivity contribution is -0.490. The fraction of sp³-hybridized carbons (Fsp3) is 0.222. The number of ketones is 1. The van der Waals surface area contributed by atoms with E-state index in [1.807, 2.05) is 30.3 Å². The fourth-order valence-electron chi connectivity index (χ4n) is 2.15. The van der Waals surface area contributed by atoms with E-state index < -0.39 is 0 Å². The molecular weight excluding hydrogens is 358 g/mol. The molecule has 0 spiro atoms. The van der Waals surface area contributed by atoms with Crippen molar-refractivity contribution in [3.8, 4) is 5.75 Å². The van der Waals surface area contributed by atoms with Gasteiger partial charge in [-0.25, -0.2) is 4.74 Å². The number of rotatable bonds is 6. The van der Waals surface area contributed by atoms with Crippen molar-refractivity contribution in [1.29, 1.82) is 0 Å². The van der Waals surface area contributed by atoms with E-state index in [1.165, 1.54) is 0 Å². The second-order valence-corrected chi connectivity index (χ2v) is 6.18. The Balaban J connectivity index is 2.05. The summed E-state index contributed by atoms with van der Waals surface area (Å²) >= 11 is 3.31. The number of hydrogen-bond acceptors (Lipinski definition) is 3. The van der Waals surface area contributed by atoms with Crippen molar-refractivity contribution in [2.24, 2.45) is 0 Å². The lowest BCUT2D eigenvalue weighted by Crippen LogP contribution is -2.24. The van der Waals surface area contributed by atoms with Crippen LogP contribution in [0.4, 0.5) is 0 Å². The quantitative estimate of drug-likeness (QED) is 0.253. The number of ether oxygens (including phenoxy) is 1. The summed E-state index contributed by atoms with van der Waals surface area (Å²) in [6.45, 7) is 1.79. The molecule has 0 fully saturated rings. The van der Waals surface area contributed by atoms with Crippen LogP contribution >= 0.6 is 15.9 Å². The summed E-state index contributed by atoms with van der Waals surface area (Å²) in [6.07, 6.45) is 1.66. The highest BCUT2D eigenvalue weighted by atomic mass is 79.9. The third-order valence-corrected chi connectivity index (χ3v) is 3.97. The lowest BCUT2D eigenvalue weighted by atomic mass is 10.1. The topological polar surface area (TPSA) is 52.4 Å². The second kappa shape index (κ2) is 7.92. The summed E-state index contributed by atoms with van der Waals surface area (Å²) in [5.74, 6) is 0.472. The minimum absolute atomic E-state index is 0.303. The van der Waals surface area contributed by atoms with Crippen LogP contribution in [0.1, 0.15) is 22.8 Å². The Bertz CT molecular complexity index is 710. The van der Waals surface area contributed by atoms with Crippen LogP contribution in [0.2, 0.25) is 0 Å². The summed E-state index contributed by atoms with van der Waals surface area (Å²) in [6, 6.07) is 14.2. The lowest BCUT2D eigenvalue weighted by Gasteiger charge is -2.12. The van der Waals surface area contributed by atoms with Crippen molar-refractivity contribution in [2.75, 3.05) is 7.11 Å². The molecule has 0 radical (unpaired) electrons. The minimum atomic E-state index is -0.334. The van der Waals surface area contributed by atoms with Crippen LogP contribution in [0.5, 0.6) is 5.75 Å².